The van der Waals surface area contributed by atoms with Gasteiger partial charge in [0, 0.05) is 43.4 Å². The van der Waals surface area contributed by atoms with Gasteiger partial charge < -0.3 is 34.2 Å². The molecule has 4 rings (SSSR count). The number of likely N-dealkylation sites (N-methyl/N-ethyl adjacent to an activating group) is 1. The number of hydrogen-bond acceptors (Lipinski definition) is 9. The lowest BCUT2D eigenvalue weighted by Gasteiger charge is -2.35. The highest BCUT2D eigenvalue weighted by Crippen LogP contribution is 2.30. The molecule has 3 N–H and O–H groups in total. The first-order chi connectivity index (χ1) is 23.2. The third-order valence-electron chi connectivity index (χ3n) is 8.49. The molecule has 0 aliphatic carbocycles. The van der Waals surface area contributed by atoms with Crippen molar-refractivity contribution in [3.8, 4) is 5.75 Å². The molecule has 2 heterocycles. The summed E-state index contributed by atoms with van der Waals surface area (Å²) >= 11 is 5.95. The smallest absolute Gasteiger partial charge is 0.321 e. The first-order valence-electron chi connectivity index (χ1n) is 16.3. The number of aryl methyl sites for hydroxylation is 2. The van der Waals surface area contributed by atoms with E-state index < -0.39 is 28.1 Å². The van der Waals surface area contributed by atoms with Crippen LogP contribution in [0.5, 0.6) is 5.75 Å². The van der Waals surface area contributed by atoms with Crippen LogP contribution in [0.15, 0.2) is 51.9 Å². The molecule has 0 fully saturated rings. The zero-order chi connectivity index (χ0) is 35.9. The zero-order valence-electron chi connectivity index (χ0n) is 28.7. The van der Waals surface area contributed by atoms with Gasteiger partial charge in [0.2, 0.25) is 0 Å². The Morgan fingerprint density at radius 1 is 1.16 bits per heavy atom. The number of carbonyl (C=O) groups is 2. The second-order valence-corrected chi connectivity index (χ2v) is 14.7. The van der Waals surface area contributed by atoms with Crippen molar-refractivity contribution < 1.29 is 37.1 Å². The summed E-state index contributed by atoms with van der Waals surface area (Å²) in [4.78, 5) is 30.6. The summed E-state index contributed by atoms with van der Waals surface area (Å²) < 4.78 is 46.7. The Labute approximate surface area is 292 Å². The van der Waals surface area contributed by atoms with Crippen LogP contribution in [0.2, 0.25) is 5.02 Å². The summed E-state index contributed by atoms with van der Waals surface area (Å²) in [5.74, 6) is 0.0530. The molecule has 0 spiro atoms. The minimum Gasteiger partial charge on any atom is -0.490 e. The summed E-state index contributed by atoms with van der Waals surface area (Å²) in [6, 6.07) is 9.35. The van der Waals surface area contributed by atoms with Gasteiger partial charge >= 0.3 is 6.03 Å². The van der Waals surface area contributed by atoms with Crippen LogP contribution in [-0.4, -0.2) is 92.0 Å². The van der Waals surface area contributed by atoms with Gasteiger partial charge in [-0.25, -0.2) is 13.2 Å². The molecule has 0 saturated carbocycles. The van der Waals surface area contributed by atoms with Gasteiger partial charge in [0.25, 0.3) is 15.9 Å². The number of sulfonamides is 1. The number of ether oxygens (including phenoxy) is 2. The van der Waals surface area contributed by atoms with Crippen LogP contribution in [0.25, 0.3) is 0 Å². The van der Waals surface area contributed by atoms with Crippen LogP contribution < -0.4 is 14.8 Å². The molecule has 1 aliphatic heterocycles. The maximum Gasteiger partial charge on any atom is 0.321 e. The van der Waals surface area contributed by atoms with Gasteiger partial charge in [-0.05, 0) is 89.4 Å². The lowest BCUT2D eigenvalue weighted by atomic mass is 10.0. The van der Waals surface area contributed by atoms with Crippen molar-refractivity contribution in [3.05, 3.63) is 64.5 Å². The van der Waals surface area contributed by atoms with Gasteiger partial charge in [0.05, 0.1) is 35.3 Å². The monoisotopic (exact) mass is 719 g/mol. The van der Waals surface area contributed by atoms with Crippen LogP contribution in [0.1, 0.15) is 61.8 Å². The molecule has 2 aromatic carbocycles. The number of aromatic nitrogens is 1. The van der Waals surface area contributed by atoms with Crippen molar-refractivity contribution in [3.63, 3.8) is 0 Å². The van der Waals surface area contributed by atoms with Gasteiger partial charge in [0.15, 0.2) is 5.76 Å². The number of benzene rings is 2. The summed E-state index contributed by atoms with van der Waals surface area (Å²) in [6.45, 7) is 9.53. The average molecular weight is 720 g/mol. The van der Waals surface area contributed by atoms with Gasteiger partial charge in [0.1, 0.15) is 17.1 Å². The molecule has 0 saturated heterocycles. The van der Waals surface area contributed by atoms with Crippen LogP contribution >= 0.6 is 11.6 Å². The van der Waals surface area contributed by atoms with E-state index in [-0.39, 0.29) is 53.9 Å². The van der Waals surface area contributed by atoms with Crippen molar-refractivity contribution in [1.82, 2.24) is 15.0 Å². The first kappa shape index (κ1) is 38.0. The Hall–Kier alpha value is -3.85. The Bertz CT molecular complexity index is 1680. The quantitative estimate of drug-likeness (QED) is 0.265. The molecule has 0 radical (unpaired) electrons. The number of anilines is 2. The molecule has 3 aromatic rings. The van der Waals surface area contributed by atoms with E-state index in [4.69, 9.17) is 25.6 Å². The van der Waals surface area contributed by atoms with E-state index in [1.807, 2.05) is 13.8 Å². The normalized spacial score (nSPS) is 20.0. The highest BCUT2D eigenvalue weighted by molar-refractivity contribution is 7.92. The molecule has 13 nitrogen and oxygen atoms in total. The number of fused-ring (bicyclic) bond motifs is 1. The number of aliphatic hydroxyl groups is 1. The van der Waals surface area contributed by atoms with E-state index in [0.717, 1.165) is 12.8 Å². The largest absolute Gasteiger partial charge is 0.490 e. The molecular formula is C34H46ClN5O8S. The van der Waals surface area contributed by atoms with Crippen molar-refractivity contribution in [1.29, 1.82) is 0 Å². The molecule has 1 aliphatic rings. The second kappa shape index (κ2) is 16.7. The minimum absolute atomic E-state index is 0.00827. The Kier molecular flexibility index (Phi) is 12.9. The van der Waals surface area contributed by atoms with E-state index in [2.05, 4.69) is 15.2 Å². The molecule has 1 aromatic heterocycles. The fourth-order valence-corrected chi connectivity index (χ4v) is 6.67. The number of aliphatic hydroxyl groups excluding tert-OH is 1. The number of nitrogens with zero attached hydrogens (tertiary/aromatic N) is 3. The van der Waals surface area contributed by atoms with Crippen molar-refractivity contribution in [2.45, 2.75) is 77.0 Å². The topological polar surface area (TPSA) is 164 Å². The molecule has 15 heteroatoms. The average Bonchev–Trinajstić information content (AvgIpc) is 3.38. The predicted octanol–water partition coefficient (Wildman–Crippen LogP) is 5.71. The highest BCUT2D eigenvalue weighted by atomic mass is 35.5. The Morgan fingerprint density at radius 2 is 1.88 bits per heavy atom. The van der Waals surface area contributed by atoms with Gasteiger partial charge in [-0.2, -0.15) is 0 Å². The molecule has 268 valence electrons. The third-order valence-corrected chi connectivity index (χ3v) is 10.1. The molecule has 0 unspecified atom stereocenters. The Balaban J connectivity index is 1.63. The van der Waals surface area contributed by atoms with E-state index in [1.165, 1.54) is 40.1 Å². The number of carbonyl (C=O) groups excluding carboxylic acids is 2. The number of nitrogens with one attached hydrogen (secondary N) is 2. The minimum atomic E-state index is -4.00. The maximum absolute atomic E-state index is 14.4. The molecule has 3 amide bonds. The fourth-order valence-electron chi connectivity index (χ4n) is 5.49. The van der Waals surface area contributed by atoms with Crippen molar-refractivity contribution >= 4 is 44.9 Å². The molecule has 4 atom stereocenters. The second-order valence-electron chi connectivity index (χ2n) is 12.6. The van der Waals surface area contributed by atoms with Crippen molar-refractivity contribution in [2.24, 2.45) is 5.92 Å². The summed E-state index contributed by atoms with van der Waals surface area (Å²) in [7, 11) is -2.34. The SMILES string of the molecule is Cc1noc(C)c1NC(=O)N(C)C[C@H]1OCCCC[C@H](C)Oc2ccc(NS(=O)(=O)c3ccc(Cl)cc3)cc2C(=O)N([C@@H](C)CO)C[C@H]1C. The van der Waals surface area contributed by atoms with Crippen LogP contribution in [0.3, 0.4) is 0 Å². The molecule has 0 bridgehead atoms. The highest BCUT2D eigenvalue weighted by Gasteiger charge is 2.31. The number of rotatable bonds is 8. The van der Waals surface area contributed by atoms with Crippen LogP contribution in [-0.2, 0) is 14.8 Å². The third kappa shape index (κ3) is 9.87. The maximum atomic E-state index is 14.4. The molecular weight excluding hydrogens is 674 g/mol. The fraction of sp³-hybridized carbons (Fsp3) is 0.500. The van der Waals surface area contributed by atoms with E-state index in [0.29, 0.717) is 40.9 Å². The van der Waals surface area contributed by atoms with E-state index in [1.54, 1.807) is 40.0 Å². The van der Waals surface area contributed by atoms with Gasteiger partial charge in [-0.15, -0.1) is 0 Å². The summed E-state index contributed by atoms with van der Waals surface area (Å²) in [5, 5.41) is 17.4. The summed E-state index contributed by atoms with van der Waals surface area (Å²) in [6.07, 6.45) is 1.50. The Morgan fingerprint density at radius 3 is 2.53 bits per heavy atom. The lowest BCUT2D eigenvalue weighted by Crippen LogP contribution is -2.48. The lowest BCUT2D eigenvalue weighted by molar-refractivity contribution is -0.0115. The van der Waals surface area contributed by atoms with E-state index in [9.17, 15) is 23.1 Å². The van der Waals surface area contributed by atoms with Crippen LogP contribution in [0, 0.1) is 19.8 Å². The van der Waals surface area contributed by atoms with Gasteiger partial charge in [-0.3, -0.25) is 9.52 Å². The predicted molar refractivity (Wildman–Crippen MR) is 187 cm³/mol. The first-order valence-corrected chi connectivity index (χ1v) is 18.1. The summed E-state index contributed by atoms with van der Waals surface area (Å²) in [5.41, 5.74) is 1.38. The zero-order valence-corrected chi connectivity index (χ0v) is 30.3. The number of hydrogen-bond donors (Lipinski definition) is 3. The molecule has 49 heavy (non-hydrogen) atoms. The number of amides is 3. The van der Waals surface area contributed by atoms with Gasteiger partial charge in [-0.1, -0.05) is 23.7 Å². The number of halogens is 1. The standard InChI is InChI=1S/C34H46ClN5O8S/c1-21-18-40(22(2)20-41)33(42)29-17-27(38-49(44,45)28-13-10-26(35)11-14-28)12-15-30(29)47-23(3)9-7-8-16-46-31(21)19-39(6)34(43)36-32-24(4)37-48-25(32)5/h10-15,17,21-23,31,38,41H,7-9,16,18-20H2,1-6H3,(H,36,43)/t21-,22+,23+,31-/m1/s1. The van der Waals surface area contributed by atoms with Crippen molar-refractivity contribution in [2.75, 3.05) is 43.4 Å². The van der Waals surface area contributed by atoms with Crippen LogP contribution in [0.4, 0.5) is 16.2 Å². The number of urea groups is 1. The van der Waals surface area contributed by atoms with E-state index >= 15 is 0 Å².